The molecule has 1 aromatic carbocycles. The van der Waals surface area contributed by atoms with Gasteiger partial charge in [0.2, 0.25) is 0 Å². The Hall–Kier alpha value is -1.97. The van der Waals surface area contributed by atoms with Crippen molar-refractivity contribution in [2.24, 2.45) is 0 Å². The zero-order valence-electron chi connectivity index (χ0n) is 9.72. The van der Waals surface area contributed by atoms with Crippen LogP contribution in [0.15, 0.2) is 30.5 Å². The molecule has 1 aromatic heterocycles. The molecule has 0 aliphatic heterocycles. The number of hydrogen-bond donors (Lipinski definition) is 1. The molecule has 0 saturated carbocycles. The number of aliphatic carboxylic acids is 1. The van der Waals surface area contributed by atoms with Crippen LogP contribution < -0.4 is 4.74 Å². The van der Waals surface area contributed by atoms with E-state index in [1.165, 1.54) is 0 Å². The lowest BCUT2D eigenvalue weighted by Gasteiger charge is -2.05. The van der Waals surface area contributed by atoms with E-state index in [0.29, 0.717) is 5.75 Å². The predicted octanol–water partition coefficient (Wildman–Crippen LogP) is 2.51. The van der Waals surface area contributed by atoms with Crippen molar-refractivity contribution in [2.75, 3.05) is 6.61 Å². The first-order valence-corrected chi connectivity index (χ1v) is 5.64. The number of aryl methyl sites for hydroxylation is 1. The van der Waals surface area contributed by atoms with E-state index in [4.69, 9.17) is 9.84 Å². The zero-order chi connectivity index (χ0) is 12.3. The maximum atomic E-state index is 10.4. The third-order valence-electron chi connectivity index (χ3n) is 2.67. The van der Waals surface area contributed by atoms with E-state index in [-0.39, 0.29) is 13.0 Å². The summed E-state index contributed by atoms with van der Waals surface area (Å²) < 4.78 is 7.53. The van der Waals surface area contributed by atoms with E-state index in [1.54, 1.807) is 0 Å². The van der Waals surface area contributed by atoms with Gasteiger partial charge in [-0.1, -0.05) is 0 Å². The average molecular weight is 233 g/mol. The molecular formula is C13H15NO3. The normalized spacial score (nSPS) is 10.6. The summed E-state index contributed by atoms with van der Waals surface area (Å²) in [5, 5.41) is 9.63. The number of carboxylic acid groups (broad SMARTS) is 1. The van der Waals surface area contributed by atoms with Crippen LogP contribution in [0.1, 0.15) is 13.3 Å². The smallest absolute Gasteiger partial charge is 0.306 e. The molecule has 0 unspecified atom stereocenters. The van der Waals surface area contributed by atoms with Gasteiger partial charge < -0.3 is 14.4 Å². The highest BCUT2D eigenvalue weighted by Crippen LogP contribution is 2.22. The number of nitrogens with zero attached hydrogens (tertiary/aromatic N) is 1. The number of hydrogen-bond acceptors (Lipinski definition) is 2. The molecule has 1 heterocycles. The summed E-state index contributed by atoms with van der Waals surface area (Å²) >= 11 is 0. The molecule has 0 atom stereocenters. The van der Waals surface area contributed by atoms with Crippen LogP contribution >= 0.6 is 0 Å². The summed E-state index contributed by atoms with van der Waals surface area (Å²) in [5.74, 6) is -0.129. The lowest BCUT2D eigenvalue weighted by molar-refractivity contribution is -0.137. The third kappa shape index (κ3) is 2.58. The Labute approximate surface area is 99.4 Å². The molecule has 0 amide bonds. The lowest BCUT2D eigenvalue weighted by Crippen LogP contribution is -2.04. The van der Waals surface area contributed by atoms with Crippen molar-refractivity contribution in [3.63, 3.8) is 0 Å². The van der Waals surface area contributed by atoms with Crippen LogP contribution in [0.5, 0.6) is 5.75 Å². The van der Waals surface area contributed by atoms with Crippen LogP contribution in [0.25, 0.3) is 10.9 Å². The number of carbonyl (C=O) groups is 1. The fourth-order valence-electron chi connectivity index (χ4n) is 1.80. The maximum absolute atomic E-state index is 10.4. The zero-order valence-corrected chi connectivity index (χ0v) is 9.72. The number of aromatic nitrogens is 1. The van der Waals surface area contributed by atoms with Crippen molar-refractivity contribution in [1.29, 1.82) is 0 Å². The van der Waals surface area contributed by atoms with Crippen molar-refractivity contribution in [2.45, 2.75) is 19.9 Å². The Bertz CT molecular complexity index is 530. The van der Waals surface area contributed by atoms with Crippen molar-refractivity contribution in [3.05, 3.63) is 30.5 Å². The molecule has 4 heteroatoms. The molecule has 1 N–H and O–H groups in total. The van der Waals surface area contributed by atoms with Gasteiger partial charge in [0.1, 0.15) is 5.75 Å². The number of benzene rings is 1. The first-order valence-electron chi connectivity index (χ1n) is 5.64. The van der Waals surface area contributed by atoms with Gasteiger partial charge in [-0.2, -0.15) is 0 Å². The van der Waals surface area contributed by atoms with Gasteiger partial charge in [-0.3, -0.25) is 4.79 Å². The van der Waals surface area contributed by atoms with Gasteiger partial charge in [0.25, 0.3) is 0 Å². The lowest BCUT2D eigenvalue weighted by atomic mass is 10.2. The molecule has 2 aromatic rings. The second-order valence-corrected chi connectivity index (χ2v) is 3.81. The Morgan fingerprint density at radius 3 is 2.94 bits per heavy atom. The summed E-state index contributed by atoms with van der Waals surface area (Å²) in [6.45, 7) is 3.23. The first kappa shape index (κ1) is 11.5. The Kier molecular flexibility index (Phi) is 3.32. The number of fused-ring (bicyclic) bond motifs is 1. The molecule has 4 nitrogen and oxygen atoms in total. The van der Waals surface area contributed by atoms with Gasteiger partial charge in [0.15, 0.2) is 0 Å². The summed E-state index contributed by atoms with van der Waals surface area (Å²) in [6.07, 6.45) is 2.06. The predicted molar refractivity (Wildman–Crippen MR) is 65.4 cm³/mol. The maximum Gasteiger partial charge on any atom is 0.306 e. The van der Waals surface area contributed by atoms with Crippen LogP contribution in [0, 0.1) is 0 Å². The topological polar surface area (TPSA) is 51.5 Å². The Morgan fingerprint density at radius 1 is 1.41 bits per heavy atom. The SMILES string of the molecule is CCn1ccc2cc(OCCC(=O)O)ccc21. The van der Waals surface area contributed by atoms with Crippen molar-refractivity contribution >= 4 is 16.9 Å². The fourth-order valence-corrected chi connectivity index (χ4v) is 1.80. The summed E-state index contributed by atoms with van der Waals surface area (Å²) in [6, 6.07) is 7.83. The van der Waals surface area contributed by atoms with Crippen LogP contribution in [0.2, 0.25) is 0 Å². The van der Waals surface area contributed by atoms with E-state index in [2.05, 4.69) is 11.5 Å². The number of rotatable bonds is 5. The molecule has 0 aliphatic carbocycles. The van der Waals surface area contributed by atoms with Crippen LogP contribution in [-0.4, -0.2) is 22.2 Å². The van der Waals surface area contributed by atoms with Crippen LogP contribution in [0.3, 0.4) is 0 Å². The second kappa shape index (κ2) is 4.91. The van der Waals surface area contributed by atoms with Crippen molar-refractivity contribution < 1.29 is 14.6 Å². The second-order valence-electron chi connectivity index (χ2n) is 3.81. The van der Waals surface area contributed by atoms with Crippen LogP contribution in [0.4, 0.5) is 0 Å². The van der Waals surface area contributed by atoms with Crippen LogP contribution in [-0.2, 0) is 11.3 Å². The molecule has 0 bridgehead atoms. The van der Waals surface area contributed by atoms with Crippen molar-refractivity contribution in [1.82, 2.24) is 4.57 Å². The summed E-state index contributed by atoms with van der Waals surface area (Å²) in [5.41, 5.74) is 1.16. The minimum absolute atomic E-state index is 0.0218. The van der Waals surface area contributed by atoms with Gasteiger partial charge in [-0.25, -0.2) is 0 Å². The van der Waals surface area contributed by atoms with Gasteiger partial charge in [-0.15, -0.1) is 0 Å². The molecule has 2 rings (SSSR count). The molecule has 17 heavy (non-hydrogen) atoms. The molecule has 0 spiro atoms. The third-order valence-corrected chi connectivity index (χ3v) is 2.67. The average Bonchev–Trinajstić information content (AvgIpc) is 2.70. The Balaban J connectivity index is 2.12. The van der Waals surface area contributed by atoms with E-state index in [9.17, 15) is 4.79 Å². The molecule has 90 valence electrons. The van der Waals surface area contributed by atoms with E-state index >= 15 is 0 Å². The van der Waals surface area contributed by atoms with E-state index in [0.717, 1.165) is 17.4 Å². The minimum atomic E-state index is -0.844. The van der Waals surface area contributed by atoms with E-state index in [1.807, 2.05) is 30.5 Å². The van der Waals surface area contributed by atoms with Gasteiger partial charge >= 0.3 is 5.97 Å². The molecule has 0 radical (unpaired) electrons. The molecule has 0 fully saturated rings. The van der Waals surface area contributed by atoms with E-state index < -0.39 is 5.97 Å². The number of ether oxygens (including phenoxy) is 1. The number of carboxylic acids is 1. The summed E-state index contributed by atoms with van der Waals surface area (Å²) in [4.78, 5) is 10.4. The largest absolute Gasteiger partial charge is 0.493 e. The fraction of sp³-hybridized carbons (Fsp3) is 0.308. The quantitative estimate of drug-likeness (QED) is 0.863. The monoisotopic (exact) mass is 233 g/mol. The first-order chi connectivity index (χ1) is 8.20. The standard InChI is InChI=1S/C13H15NO3/c1-2-14-7-5-10-9-11(3-4-12(10)14)17-8-6-13(15)16/h3-5,7,9H,2,6,8H2,1H3,(H,15,16). The Morgan fingerprint density at radius 2 is 2.24 bits per heavy atom. The minimum Gasteiger partial charge on any atom is -0.493 e. The summed E-state index contributed by atoms with van der Waals surface area (Å²) in [7, 11) is 0. The molecule has 0 saturated heterocycles. The van der Waals surface area contributed by atoms with Gasteiger partial charge in [0, 0.05) is 23.6 Å². The highest BCUT2D eigenvalue weighted by Gasteiger charge is 2.02. The highest BCUT2D eigenvalue weighted by atomic mass is 16.5. The highest BCUT2D eigenvalue weighted by molar-refractivity contribution is 5.81. The molecule has 0 aliphatic rings. The molecular weight excluding hydrogens is 218 g/mol. The van der Waals surface area contributed by atoms with Crippen molar-refractivity contribution in [3.8, 4) is 5.75 Å². The van der Waals surface area contributed by atoms with Gasteiger partial charge in [-0.05, 0) is 31.2 Å². The van der Waals surface area contributed by atoms with Gasteiger partial charge in [0.05, 0.1) is 13.0 Å².